The fraction of sp³-hybridized carbons (Fsp3) is 0.500. The fourth-order valence-corrected chi connectivity index (χ4v) is 2.39. The zero-order valence-electron chi connectivity index (χ0n) is 11.6. The lowest BCUT2D eigenvalue weighted by Crippen LogP contribution is -2.53. The Labute approximate surface area is 117 Å². The van der Waals surface area contributed by atoms with Gasteiger partial charge in [-0.25, -0.2) is 4.39 Å². The maximum atomic E-state index is 13.7. The van der Waals surface area contributed by atoms with Crippen LogP contribution in [0.5, 0.6) is 0 Å². The first-order chi connectivity index (χ1) is 9.41. The highest BCUT2D eigenvalue weighted by Gasteiger charge is 2.30. The zero-order valence-corrected chi connectivity index (χ0v) is 11.6. The predicted octanol–water partition coefficient (Wildman–Crippen LogP) is 0.878. The van der Waals surface area contributed by atoms with Crippen LogP contribution in [-0.2, 0) is 9.53 Å². The van der Waals surface area contributed by atoms with E-state index in [9.17, 15) is 14.3 Å². The first-order valence-corrected chi connectivity index (χ1v) is 6.53. The highest BCUT2D eigenvalue weighted by molar-refractivity contribution is 5.84. The third-order valence-corrected chi connectivity index (χ3v) is 3.52. The average molecular weight is 282 g/mol. The molecule has 20 heavy (non-hydrogen) atoms. The number of halogens is 1. The van der Waals surface area contributed by atoms with Crippen molar-refractivity contribution in [2.24, 2.45) is 5.73 Å². The molecule has 1 saturated heterocycles. The highest BCUT2D eigenvalue weighted by atomic mass is 19.1. The lowest BCUT2D eigenvalue weighted by molar-refractivity contribution is -0.121. The topological polar surface area (TPSA) is 75.8 Å². The molecule has 0 aromatic heterocycles. The second kappa shape index (κ2) is 5.76. The van der Waals surface area contributed by atoms with Crippen molar-refractivity contribution in [1.82, 2.24) is 0 Å². The van der Waals surface area contributed by atoms with E-state index in [1.165, 1.54) is 6.07 Å². The van der Waals surface area contributed by atoms with Gasteiger partial charge in [0.05, 0.1) is 19.3 Å². The Kier molecular flexibility index (Phi) is 4.25. The van der Waals surface area contributed by atoms with E-state index in [-0.39, 0.29) is 12.4 Å². The van der Waals surface area contributed by atoms with Crippen LogP contribution in [0, 0.1) is 12.7 Å². The number of hydrogen-bond donors (Lipinski definition) is 2. The molecule has 110 valence electrons. The van der Waals surface area contributed by atoms with E-state index in [1.54, 1.807) is 24.8 Å². The molecule has 1 unspecified atom stereocenters. The number of aliphatic hydroxyl groups is 1. The van der Waals surface area contributed by atoms with E-state index >= 15 is 0 Å². The Bertz CT molecular complexity index is 519. The van der Waals surface area contributed by atoms with Gasteiger partial charge >= 0.3 is 0 Å². The van der Waals surface area contributed by atoms with E-state index in [0.717, 1.165) is 0 Å². The van der Waals surface area contributed by atoms with Crippen molar-refractivity contribution >= 4 is 11.6 Å². The molecule has 1 fully saturated rings. The smallest absolute Gasteiger partial charge is 0.242 e. The molecule has 2 atom stereocenters. The van der Waals surface area contributed by atoms with Crippen LogP contribution in [0.1, 0.15) is 24.2 Å². The van der Waals surface area contributed by atoms with Gasteiger partial charge in [-0.3, -0.25) is 4.79 Å². The number of benzene rings is 1. The van der Waals surface area contributed by atoms with Gasteiger partial charge in [-0.1, -0.05) is 0 Å². The molecule has 0 bridgehead atoms. The van der Waals surface area contributed by atoms with Crippen molar-refractivity contribution in [2.75, 3.05) is 24.7 Å². The molecule has 0 saturated carbocycles. The molecule has 1 aromatic rings. The van der Waals surface area contributed by atoms with E-state index in [0.29, 0.717) is 30.0 Å². The molecule has 1 aromatic carbocycles. The van der Waals surface area contributed by atoms with Crippen LogP contribution in [0.25, 0.3) is 0 Å². The van der Waals surface area contributed by atoms with E-state index < -0.39 is 18.1 Å². The first kappa shape index (κ1) is 14.7. The van der Waals surface area contributed by atoms with Gasteiger partial charge in [0.2, 0.25) is 5.91 Å². The molecular formula is C14H19FN2O3. The van der Waals surface area contributed by atoms with Crippen molar-refractivity contribution in [3.8, 4) is 0 Å². The van der Waals surface area contributed by atoms with Crippen LogP contribution in [0.4, 0.5) is 10.1 Å². The molecule has 1 amide bonds. The third kappa shape index (κ3) is 2.76. The van der Waals surface area contributed by atoms with E-state index in [1.807, 2.05) is 0 Å². The highest BCUT2D eigenvalue weighted by Crippen LogP contribution is 2.31. The van der Waals surface area contributed by atoms with Crippen LogP contribution < -0.4 is 10.6 Å². The van der Waals surface area contributed by atoms with E-state index in [2.05, 4.69) is 0 Å². The number of nitrogens with two attached hydrogens (primary N) is 1. The molecule has 5 nitrogen and oxygen atoms in total. The summed E-state index contributed by atoms with van der Waals surface area (Å²) < 4.78 is 19.0. The van der Waals surface area contributed by atoms with Crippen LogP contribution in [0.15, 0.2) is 12.1 Å². The summed E-state index contributed by atoms with van der Waals surface area (Å²) in [4.78, 5) is 13.3. The molecule has 1 aliphatic rings. The summed E-state index contributed by atoms with van der Waals surface area (Å²) in [6.45, 7) is 4.33. The molecule has 1 aliphatic heterocycles. The SMILES string of the molecule is Cc1cc(N2CCOCC2C(N)=O)c([C@H](C)O)cc1F. The standard InChI is InChI=1S/C14H19FN2O3/c1-8-5-12(10(9(2)18)6-11(8)15)17-3-4-20-7-13(17)14(16)19/h5-6,9,13,18H,3-4,7H2,1-2H3,(H2,16,19)/t9-,13?/m0/s1. The Balaban J connectivity index is 2.48. The minimum Gasteiger partial charge on any atom is -0.389 e. The first-order valence-electron chi connectivity index (χ1n) is 6.53. The van der Waals surface area contributed by atoms with Crippen molar-refractivity contribution in [3.63, 3.8) is 0 Å². The molecule has 0 spiro atoms. The van der Waals surface area contributed by atoms with Gasteiger partial charge in [-0.15, -0.1) is 0 Å². The van der Waals surface area contributed by atoms with Crippen molar-refractivity contribution in [3.05, 3.63) is 29.1 Å². The number of hydrogen-bond acceptors (Lipinski definition) is 4. The van der Waals surface area contributed by atoms with Crippen LogP contribution in [0.2, 0.25) is 0 Å². The van der Waals surface area contributed by atoms with Crippen molar-refractivity contribution < 1.29 is 19.0 Å². The number of amides is 1. The minimum atomic E-state index is -0.837. The second-order valence-electron chi connectivity index (χ2n) is 5.02. The Morgan fingerprint density at radius 1 is 1.60 bits per heavy atom. The quantitative estimate of drug-likeness (QED) is 0.863. The van der Waals surface area contributed by atoms with Gasteiger partial charge in [-0.05, 0) is 31.5 Å². The van der Waals surface area contributed by atoms with Gasteiger partial charge in [0, 0.05) is 17.8 Å². The third-order valence-electron chi connectivity index (χ3n) is 3.52. The van der Waals surface area contributed by atoms with Gasteiger partial charge < -0.3 is 20.5 Å². The lowest BCUT2D eigenvalue weighted by Gasteiger charge is -2.37. The van der Waals surface area contributed by atoms with Crippen LogP contribution >= 0.6 is 0 Å². The van der Waals surface area contributed by atoms with Crippen LogP contribution in [0.3, 0.4) is 0 Å². The number of anilines is 1. The molecular weight excluding hydrogens is 263 g/mol. The molecule has 1 heterocycles. The normalized spacial score (nSPS) is 20.8. The zero-order chi connectivity index (χ0) is 14.9. The number of aliphatic hydroxyl groups excluding tert-OH is 1. The number of ether oxygens (including phenoxy) is 1. The van der Waals surface area contributed by atoms with Crippen molar-refractivity contribution in [2.45, 2.75) is 26.0 Å². The van der Waals surface area contributed by atoms with Gasteiger partial charge in [0.25, 0.3) is 0 Å². The summed E-state index contributed by atoms with van der Waals surface area (Å²) in [6.07, 6.45) is -0.837. The summed E-state index contributed by atoms with van der Waals surface area (Å²) in [6, 6.07) is 2.34. The predicted molar refractivity (Wildman–Crippen MR) is 72.9 cm³/mol. The number of carbonyl (C=O) groups excluding carboxylic acids is 1. The number of nitrogens with zero attached hydrogens (tertiary/aromatic N) is 1. The number of rotatable bonds is 3. The molecule has 6 heteroatoms. The molecule has 0 aliphatic carbocycles. The maximum Gasteiger partial charge on any atom is 0.242 e. The average Bonchev–Trinajstić information content (AvgIpc) is 2.41. The second-order valence-corrected chi connectivity index (χ2v) is 5.02. The van der Waals surface area contributed by atoms with Crippen LogP contribution in [-0.4, -0.2) is 36.8 Å². The molecule has 3 N–H and O–H groups in total. The summed E-state index contributed by atoms with van der Waals surface area (Å²) >= 11 is 0. The van der Waals surface area contributed by atoms with Gasteiger partial charge in [-0.2, -0.15) is 0 Å². The monoisotopic (exact) mass is 282 g/mol. The number of morpholine rings is 1. The Morgan fingerprint density at radius 3 is 2.90 bits per heavy atom. The largest absolute Gasteiger partial charge is 0.389 e. The maximum absolute atomic E-state index is 13.7. The van der Waals surface area contributed by atoms with Gasteiger partial charge in [0.1, 0.15) is 11.9 Å². The number of aryl methyl sites for hydroxylation is 1. The summed E-state index contributed by atoms with van der Waals surface area (Å²) in [5, 5.41) is 9.83. The Morgan fingerprint density at radius 2 is 2.30 bits per heavy atom. The van der Waals surface area contributed by atoms with Crippen molar-refractivity contribution in [1.29, 1.82) is 0 Å². The summed E-state index contributed by atoms with van der Waals surface area (Å²) in [7, 11) is 0. The minimum absolute atomic E-state index is 0.199. The fourth-order valence-electron chi connectivity index (χ4n) is 2.39. The molecule has 0 radical (unpaired) electrons. The summed E-state index contributed by atoms with van der Waals surface area (Å²) in [5.41, 5.74) is 6.93. The Hall–Kier alpha value is -1.66. The number of primary amides is 1. The number of carbonyl (C=O) groups is 1. The molecule has 2 rings (SSSR count). The van der Waals surface area contributed by atoms with Gasteiger partial charge in [0.15, 0.2) is 0 Å². The lowest BCUT2D eigenvalue weighted by atomic mass is 10.0. The van der Waals surface area contributed by atoms with E-state index in [4.69, 9.17) is 10.5 Å². The summed E-state index contributed by atoms with van der Waals surface area (Å²) in [5.74, 6) is -0.878.